The molecule has 0 aliphatic heterocycles. The molecule has 1 heterocycles. The second kappa shape index (κ2) is 6.93. The lowest BCUT2D eigenvalue weighted by Gasteiger charge is -1.93. The standard InChI is InChI=1S/C12H10BrClN2O2.ClH/c1-2-18-12(17)4-3-11-15-9-5-7(13)8(14)6-10(9)16-11;/h3-6H,2H2,1H3,(H,15,16);1H/b4-3+;. The molecule has 19 heavy (non-hydrogen) atoms. The molecule has 0 bridgehead atoms. The van der Waals surface area contributed by atoms with Crippen LogP contribution in [0.3, 0.4) is 0 Å². The van der Waals surface area contributed by atoms with Crippen molar-refractivity contribution in [3.63, 3.8) is 0 Å². The average Bonchev–Trinajstić information content (AvgIpc) is 2.69. The first-order valence-electron chi connectivity index (χ1n) is 5.29. The van der Waals surface area contributed by atoms with Crippen LogP contribution >= 0.6 is 39.9 Å². The molecule has 0 saturated heterocycles. The van der Waals surface area contributed by atoms with Gasteiger partial charge in [0.05, 0.1) is 22.7 Å². The molecule has 102 valence electrons. The summed E-state index contributed by atoms with van der Waals surface area (Å²) in [6, 6.07) is 3.59. The normalized spacial score (nSPS) is 10.7. The van der Waals surface area contributed by atoms with E-state index in [9.17, 15) is 4.79 Å². The second-order valence-corrected chi connectivity index (χ2v) is 4.75. The average molecular weight is 366 g/mol. The van der Waals surface area contributed by atoms with Gasteiger partial charge in [-0.15, -0.1) is 12.4 Å². The van der Waals surface area contributed by atoms with Gasteiger partial charge in [0.1, 0.15) is 5.82 Å². The van der Waals surface area contributed by atoms with Gasteiger partial charge in [-0.25, -0.2) is 9.78 Å². The first-order chi connectivity index (χ1) is 8.60. The number of benzene rings is 1. The molecule has 0 aliphatic rings. The Bertz CT molecular complexity index is 586. The van der Waals surface area contributed by atoms with Crippen LogP contribution < -0.4 is 0 Å². The number of aromatic nitrogens is 2. The third kappa shape index (κ3) is 3.96. The van der Waals surface area contributed by atoms with Crippen molar-refractivity contribution in [2.45, 2.75) is 6.92 Å². The molecular formula is C12H11BrCl2N2O2. The molecule has 0 amide bonds. The van der Waals surface area contributed by atoms with Gasteiger partial charge in [0, 0.05) is 10.5 Å². The van der Waals surface area contributed by atoms with Crippen molar-refractivity contribution in [1.29, 1.82) is 0 Å². The van der Waals surface area contributed by atoms with Crippen molar-refractivity contribution in [1.82, 2.24) is 9.97 Å². The van der Waals surface area contributed by atoms with E-state index in [-0.39, 0.29) is 12.4 Å². The van der Waals surface area contributed by atoms with E-state index in [1.165, 1.54) is 6.08 Å². The van der Waals surface area contributed by atoms with Crippen LogP contribution in [0.5, 0.6) is 0 Å². The summed E-state index contributed by atoms with van der Waals surface area (Å²) < 4.78 is 5.56. The summed E-state index contributed by atoms with van der Waals surface area (Å²) in [5, 5.41) is 0.604. The van der Waals surface area contributed by atoms with Gasteiger partial charge in [0.2, 0.25) is 0 Å². The Morgan fingerprint density at radius 2 is 2.32 bits per heavy atom. The third-order valence-electron chi connectivity index (χ3n) is 2.21. The van der Waals surface area contributed by atoms with Gasteiger partial charge in [-0.1, -0.05) is 11.6 Å². The molecule has 2 aromatic rings. The molecular weight excluding hydrogens is 355 g/mol. The Hall–Kier alpha value is -1.04. The number of hydrogen-bond donors (Lipinski definition) is 1. The van der Waals surface area contributed by atoms with Gasteiger partial charge in [-0.3, -0.25) is 0 Å². The lowest BCUT2D eigenvalue weighted by molar-refractivity contribution is -0.137. The van der Waals surface area contributed by atoms with Crippen LogP contribution in [0.25, 0.3) is 17.1 Å². The molecule has 0 spiro atoms. The van der Waals surface area contributed by atoms with Crippen LogP contribution in [-0.2, 0) is 9.53 Å². The monoisotopic (exact) mass is 364 g/mol. The molecule has 4 nitrogen and oxygen atoms in total. The van der Waals surface area contributed by atoms with E-state index >= 15 is 0 Å². The number of nitrogens with zero attached hydrogens (tertiary/aromatic N) is 1. The minimum Gasteiger partial charge on any atom is -0.463 e. The number of hydrogen-bond acceptors (Lipinski definition) is 3. The number of aromatic amines is 1. The number of ether oxygens (including phenoxy) is 1. The molecule has 0 radical (unpaired) electrons. The summed E-state index contributed by atoms with van der Waals surface area (Å²) in [4.78, 5) is 18.5. The summed E-state index contributed by atoms with van der Waals surface area (Å²) in [6.07, 6.45) is 2.90. The third-order valence-corrected chi connectivity index (χ3v) is 3.40. The predicted molar refractivity (Wildman–Crippen MR) is 81.7 cm³/mol. The lowest BCUT2D eigenvalue weighted by atomic mass is 10.3. The number of carbonyl (C=O) groups excluding carboxylic acids is 1. The summed E-state index contributed by atoms with van der Waals surface area (Å²) in [7, 11) is 0. The number of rotatable bonds is 3. The molecule has 7 heteroatoms. The minimum absolute atomic E-state index is 0. The fraction of sp³-hybridized carbons (Fsp3) is 0.167. The molecule has 1 aromatic heterocycles. The largest absolute Gasteiger partial charge is 0.463 e. The van der Waals surface area contributed by atoms with Gasteiger partial charge in [0.15, 0.2) is 0 Å². The van der Waals surface area contributed by atoms with Crippen LogP contribution in [0.4, 0.5) is 0 Å². The molecule has 0 aliphatic carbocycles. The molecule has 1 N–H and O–H groups in total. The first-order valence-corrected chi connectivity index (χ1v) is 6.47. The Morgan fingerprint density at radius 3 is 3.00 bits per heavy atom. The number of esters is 1. The number of imidazole rings is 1. The maximum atomic E-state index is 11.2. The minimum atomic E-state index is -0.392. The number of carbonyl (C=O) groups is 1. The highest BCUT2D eigenvalue weighted by Gasteiger charge is 2.05. The molecule has 0 saturated carbocycles. The zero-order chi connectivity index (χ0) is 13.1. The van der Waals surface area contributed by atoms with E-state index < -0.39 is 5.97 Å². The van der Waals surface area contributed by atoms with Crippen molar-refractivity contribution >= 4 is 63.0 Å². The molecule has 0 fully saturated rings. The second-order valence-electron chi connectivity index (χ2n) is 3.49. The van der Waals surface area contributed by atoms with Gasteiger partial charge in [0.25, 0.3) is 0 Å². The first kappa shape index (κ1) is 16.0. The van der Waals surface area contributed by atoms with Crippen LogP contribution in [0.2, 0.25) is 5.02 Å². The Labute approximate surface area is 129 Å². The van der Waals surface area contributed by atoms with E-state index in [1.54, 1.807) is 19.1 Å². The topological polar surface area (TPSA) is 55.0 Å². The zero-order valence-corrected chi connectivity index (χ0v) is 13.1. The van der Waals surface area contributed by atoms with Crippen LogP contribution in [0, 0.1) is 0 Å². The zero-order valence-electron chi connectivity index (χ0n) is 9.94. The number of fused-ring (bicyclic) bond motifs is 1. The van der Waals surface area contributed by atoms with Gasteiger partial charge in [-0.05, 0) is 41.1 Å². The Morgan fingerprint density at radius 1 is 1.58 bits per heavy atom. The maximum Gasteiger partial charge on any atom is 0.330 e. The summed E-state index contributed by atoms with van der Waals surface area (Å²) in [6.45, 7) is 2.11. The van der Waals surface area contributed by atoms with Crippen molar-refractivity contribution in [2.75, 3.05) is 6.61 Å². The Balaban J connectivity index is 0.00000180. The number of nitrogens with one attached hydrogen (secondary N) is 1. The molecule has 0 atom stereocenters. The van der Waals surface area contributed by atoms with Crippen LogP contribution in [0.15, 0.2) is 22.7 Å². The van der Waals surface area contributed by atoms with E-state index in [0.29, 0.717) is 17.5 Å². The van der Waals surface area contributed by atoms with E-state index in [4.69, 9.17) is 16.3 Å². The Kier molecular flexibility index (Phi) is 5.85. The van der Waals surface area contributed by atoms with Crippen molar-refractivity contribution in [3.05, 3.63) is 33.5 Å². The summed E-state index contributed by atoms with van der Waals surface area (Å²) >= 11 is 9.31. The molecule has 0 unspecified atom stereocenters. The van der Waals surface area contributed by atoms with Gasteiger partial charge < -0.3 is 9.72 Å². The van der Waals surface area contributed by atoms with Crippen molar-refractivity contribution in [2.24, 2.45) is 0 Å². The molecule has 1 aromatic carbocycles. The maximum absolute atomic E-state index is 11.2. The predicted octanol–water partition coefficient (Wildman–Crippen LogP) is 3.98. The highest BCUT2D eigenvalue weighted by molar-refractivity contribution is 9.10. The summed E-state index contributed by atoms with van der Waals surface area (Å²) in [5.74, 6) is 0.185. The highest BCUT2D eigenvalue weighted by Crippen LogP contribution is 2.27. The number of H-pyrrole nitrogens is 1. The fourth-order valence-electron chi connectivity index (χ4n) is 1.44. The van der Waals surface area contributed by atoms with Crippen molar-refractivity contribution < 1.29 is 9.53 Å². The van der Waals surface area contributed by atoms with E-state index in [1.807, 2.05) is 6.07 Å². The summed E-state index contributed by atoms with van der Waals surface area (Å²) in [5.41, 5.74) is 1.58. The van der Waals surface area contributed by atoms with Crippen molar-refractivity contribution in [3.8, 4) is 0 Å². The van der Waals surface area contributed by atoms with Crippen LogP contribution in [-0.4, -0.2) is 22.5 Å². The van der Waals surface area contributed by atoms with Crippen LogP contribution in [0.1, 0.15) is 12.7 Å². The van der Waals surface area contributed by atoms with Gasteiger partial charge in [-0.2, -0.15) is 0 Å². The smallest absolute Gasteiger partial charge is 0.330 e. The SMILES string of the molecule is CCOC(=O)/C=C/c1nc2cc(Br)c(Cl)cc2[nH]1.Cl. The molecule has 2 rings (SSSR count). The van der Waals surface area contributed by atoms with E-state index in [0.717, 1.165) is 15.5 Å². The fourth-order valence-corrected chi connectivity index (χ4v) is 1.94. The quantitative estimate of drug-likeness (QED) is 0.661. The lowest BCUT2D eigenvalue weighted by Crippen LogP contribution is -1.98. The van der Waals surface area contributed by atoms with Gasteiger partial charge >= 0.3 is 5.97 Å². The highest BCUT2D eigenvalue weighted by atomic mass is 79.9. The van der Waals surface area contributed by atoms with E-state index in [2.05, 4.69) is 25.9 Å². The number of halogens is 3.